The molecule has 0 unspecified atom stereocenters. The van der Waals surface area contributed by atoms with Gasteiger partial charge in [-0.15, -0.1) is 0 Å². The molecule has 0 aliphatic carbocycles. The predicted octanol–water partition coefficient (Wildman–Crippen LogP) is 3.27. The Balaban J connectivity index is 1.71. The van der Waals surface area contributed by atoms with Crippen LogP contribution in [0.2, 0.25) is 0 Å². The number of rotatable bonds is 3. The zero-order chi connectivity index (χ0) is 19.9. The molecule has 0 aromatic heterocycles. The molecule has 1 fully saturated rings. The standard InChI is InChI=1S/C21H24N2O4S/c1-15-5-7-17(8-6-15)19-4-3-11-23(19)28(25,26)18-9-10-21-20(14-18)22(16(2)24)12-13-27-21/h5-10,14,19H,3-4,11-13H2,1-2H3/t19-/m1/s1. The summed E-state index contributed by atoms with van der Waals surface area (Å²) in [5.74, 6) is 0.412. The monoisotopic (exact) mass is 400 g/mol. The lowest BCUT2D eigenvalue weighted by atomic mass is 10.0. The van der Waals surface area contributed by atoms with E-state index in [0.717, 1.165) is 24.0 Å². The number of hydrogen-bond donors (Lipinski definition) is 0. The van der Waals surface area contributed by atoms with Gasteiger partial charge in [-0.05, 0) is 43.5 Å². The number of carbonyl (C=O) groups is 1. The van der Waals surface area contributed by atoms with Gasteiger partial charge in [-0.25, -0.2) is 8.42 Å². The second-order valence-corrected chi connectivity index (χ2v) is 9.22. The average molecular weight is 401 g/mol. The summed E-state index contributed by atoms with van der Waals surface area (Å²) in [6, 6.07) is 12.7. The Kier molecular flexibility index (Phi) is 4.89. The lowest BCUT2D eigenvalue weighted by molar-refractivity contribution is -0.116. The summed E-state index contributed by atoms with van der Waals surface area (Å²) < 4.78 is 34.0. The van der Waals surface area contributed by atoms with Crippen LogP contribution in [0.1, 0.15) is 36.9 Å². The Morgan fingerprint density at radius 2 is 1.86 bits per heavy atom. The molecule has 0 bridgehead atoms. The second kappa shape index (κ2) is 7.22. The summed E-state index contributed by atoms with van der Waals surface area (Å²) in [6.07, 6.45) is 1.63. The zero-order valence-electron chi connectivity index (χ0n) is 16.1. The number of benzene rings is 2. The first-order valence-corrected chi connectivity index (χ1v) is 11.0. The van der Waals surface area contributed by atoms with E-state index in [1.54, 1.807) is 27.4 Å². The van der Waals surface area contributed by atoms with Crippen LogP contribution >= 0.6 is 0 Å². The molecule has 6 nitrogen and oxygen atoms in total. The lowest BCUT2D eigenvalue weighted by Crippen LogP contribution is -2.36. The Bertz CT molecular complexity index is 1000. The predicted molar refractivity (Wildman–Crippen MR) is 107 cm³/mol. The lowest BCUT2D eigenvalue weighted by Gasteiger charge is -2.30. The van der Waals surface area contributed by atoms with Crippen LogP contribution in [0.3, 0.4) is 0 Å². The third kappa shape index (κ3) is 3.29. The molecule has 0 radical (unpaired) electrons. The van der Waals surface area contributed by atoms with Gasteiger partial charge in [0.25, 0.3) is 0 Å². The van der Waals surface area contributed by atoms with Crippen molar-refractivity contribution in [2.24, 2.45) is 0 Å². The summed E-state index contributed by atoms with van der Waals surface area (Å²) in [5, 5.41) is 0. The van der Waals surface area contributed by atoms with E-state index in [1.807, 2.05) is 31.2 Å². The molecule has 0 N–H and O–H groups in total. The topological polar surface area (TPSA) is 66.9 Å². The van der Waals surface area contributed by atoms with Crippen LogP contribution in [0.4, 0.5) is 5.69 Å². The molecule has 1 amide bonds. The van der Waals surface area contributed by atoms with Gasteiger partial charge in [0.05, 0.1) is 23.2 Å². The first-order valence-electron chi connectivity index (χ1n) is 9.51. The maximum Gasteiger partial charge on any atom is 0.243 e. The van der Waals surface area contributed by atoms with Crippen molar-refractivity contribution in [3.05, 3.63) is 53.6 Å². The van der Waals surface area contributed by atoms with Gasteiger partial charge in [-0.3, -0.25) is 4.79 Å². The molecule has 0 saturated carbocycles. The number of carbonyl (C=O) groups excluding carboxylic acids is 1. The first kappa shape index (κ1) is 19.0. The molecule has 2 aromatic rings. The fraction of sp³-hybridized carbons (Fsp3) is 0.381. The minimum absolute atomic E-state index is 0.127. The second-order valence-electron chi connectivity index (χ2n) is 7.33. The highest BCUT2D eigenvalue weighted by molar-refractivity contribution is 7.89. The van der Waals surface area contributed by atoms with Crippen LogP contribution < -0.4 is 9.64 Å². The molecular weight excluding hydrogens is 376 g/mol. The zero-order valence-corrected chi connectivity index (χ0v) is 16.9. The van der Waals surface area contributed by atoms with Gasteiger partial charge in [0, 0.05) is 13.5 Å². The van der Waals surface area contributed by atoms with Crippen molar-refractivity contribution in [3.8, 4) is 5.75 Å². The van der Waals surface area contributed by atoms with Gasteiger partial charge in [0.1, 0.15) is 12.4 Å². The van der Waals surface area contributed by atoms with E-state index in [4.69, 9.17) is 4.74 Å². The van der Waals surface area contributed by atoms with Gasteiger partial charge in [0.15, 0.2) is 0 Å². The summed E-state index contributed by atoms with van der Waals surface area (Å²) in [6.45, 7) is 4.81. The van der Waals surface area contributed by atoms with Gasteiger partial charge in [-0.2, -0.15) is 4.31 Å². The van der Waals surface area contributed by atoms with E-state index in [2.05, 4.69) is 0 Å². The minimum atomic E-state index is -3.69. The number of aryl methyl sites for hydroxylation is 1. The fourth-order valence-corrected chi connectivity index (χ4v) is 5.67. The van der Waals surface area contributed by atoms with E-state index in [0.29, 0.717) is 31.1 Å². The molecule has 2 heterocycles. The summed E-state index contributed by atoms with van der Waals surface area (Å²) >= 11 is 0. The molecular formula is C21H24N2O4S. The molecule has 2 aromatic carbocycles. The van der Waals surface area contributed by atoms with Crippen molar-refractivity contribution in [1.82, 2.24) is 4.31 Å². The van der Waals surface area contributed by atoms with Crippen LogP contribution in [0.15, 0.2) is 47.4 Å². The Morgan fingerprint density at radius 3 is 2.57 bits per heavy atom. The van der Waals surface area contributed by atoms with Gasteiger partial charge < -0.3 is 9.64 Å². The normalized spacial score (nSPS) is 19.9. The van der Waals surface area contributed by atoms with E-state index in [-0.39, 0.29) is 16.8 Å². The summed E-state index contributed by atoms with van der Waals surface area (Å²) in [4.78, 5) is 13.7. The van der Waals surface area contributed by atoms with Crippen LogP contribution in [0, 0.1) is 6.92 Å². The van der Waals surface area contributed by atoms with Crippen molar-refractivity contribution in [3.63, 3.8) is 0 Å². The molecule has 2 aliphatic heterocycles. The van der Waals surface area contributed by atoms with Crippen LogP contribution in [0.25, 0.3) is 0 Å². The molecule has 0 spiro atoms. The third-order valence-corrected chi connectivity index (χ3v) is 7.35. The Hall–Kier alpha value is -2.38. The van der Waals surface area contributed by atoms with Gasteiger partial charge in [-0.1, -0.05) is 29.8 Å². The van der Waals surface area contributed by atoms with Crippen molar-refractivity contribution in [1.29, 1.82) is 0 Å². The molecule has 148 valence electrons. The molecule has 4 rings (SSSR count). The summed E-state index contributed by atoms with van der Waals surface area (Å²) in [5.41, 5.74) is 2.68. The van der Waals surface area contributed by atoms with Gasteiger partial charge in [0.2, 0.25) is 15.9 Å². The van der Waals surface area contributed by atoms with Crippen LogP contribution in [-0.4, -0.2) is 38.3 Å². The van der Waals surface area contributed by atoms with Crippen molar-refractivity contribution < 1.29 is 17.9 Å². The third-order valence-electron chi connectivity index (χ3n) is 5.45. The maximum atomic E-state index is 13.4. The Morgan fingerprint density at radius 1 is 1.11 bits per heavy atom. The number of sulfonamides is 1. The molecule has 7 heteroatoms. The number of hydrogen-bond acceptors (Lipinski definition) is 4. The number of ether oxygens (including phenoxy) is 1. The largest absolute Gasteiger partial charge is 0.490 e. The number of nitrogens with zero attached hydrogens (tertiary/aromatic N) is 2. The first-order chi connectivity index (χ1) is 13.4. The molecule has 28 heavy (non-hydrogen) atoms. The highest BCUT2D eigenvalue weighted by Crippen LogP contribution is 2.39. The molecule has 2 aliphatic rings. The number of fused-ring (bicyclic) bond motifs is 1. The Labute approximate surface area is 165 Å². The van der Waals surface area contributed by atoms with Crippen molar-refractivity contribution in [2.45, 2.75) is 37.6 Å². The van der Waals surface area contributed by atoms with E-state index >= 15 is 0 Å². The fourth-order valence-electron chi connectivity index (χ4n) is 3.97. The highest BCUT2D eigenvalue weighted by Gasteiger charge is 2.37. The minimum Gasteiger partial charge on any atom is -0.490 e. The number of anilines is 1. The van der Waals surface area contributed by atoms with Crippen molar-refractivity contribution >= 4 is 21.6 Å². The summed E-state index contributed by atoms with van der Waals surface area (Å²) in [7, 11) is -3.69. The van der Waals surface area contributed by atoms with E-state index in [1.165, 1.54) is 6.92 Å². The van der Waals surface area contributed by atoms with E-state index < -0.39 is 10.0 Å². The van der Waals surface area contributed by atoms with Crippen molar-refractivity contribution in [2.75, 3.05) is 24.6 Å². The highest BCUT2D eigenvalue weighted by atomic mass is 32.2. The molecule has 1 saturated heterocycles. The van der Waals surface area contributed by atoms with Gasteiger partial charge >= 0.3 is 0 Å². The SMILES string of the molecule is CC(=O)N1CCOc2ccc(S(=O)(=O)N3CCC[C@@H]3c3ccc(C)cc3)cc21. The maximum absolute atomic E-state index is 13.4. The van der Waals surface area contributed by atoms with Crippen LogP contribution in [0.5, 0.6) is 5.75 Å². The smallest absolute Gasteiger partial charge is 0.243 e. The van der Waals surface area contributed by atoms with E-state index in [9.17, 15) is 13.2 Å². The number of amides is 1. The quantitative estimate of drug-likeness (QED) is 0.793. The average Bonchev–Trinajstić information content (AvgIpc) is 3.18. The van der Waals surface area contributed by atoms with Crippen LogP contribution in [-0.2, 0) is 14.8 Å². The molecule has 1 atom stereocenters.